The molecule has 3 fully saturated rings. The number of nitrogens with two attached hydrogens (primary N) is 1. The lowest BCUT2D eigenvalue weighted by Gasteiger charge is -2.21. The van der Waals surface area contributed by atoms with Gasteiger partial charge in [-0.25, -0.2) is 15.0 Å². The summed E-state index contributed by atoms with van der Waals surface area (Å²) in [5.74, 6) is 2.43. The number of aliphatic hydroxyl groups is 1. The Labute approximate surface area is 173 Å². The molecule has 0 amide bonds. The standard InChI is InChI=1S/C21H25F2N5O2/c1-10(29)7-28-8-13-14(9-28)18(13)16-5-15(26-20(27-16)11-2-3-11)12-4-17(30-21(22)23)19(24)25-6-12/h4-6,10-11,13-14,18,21,29H,2-3,7-9H2,1H3,(H2,24,25)/t10?,13-,14+,18+. The molecule has 2 aliphatic carbocycles. The normalized spacial score (nSPS) is 26.6. The maximum Gasteiger partial charge on any atom is 0.387 e. The van der Waals surface area contributed by atoms with Gasteiger partial charge in [-0.1, -0.05) is 0 Å². The van der Waals surface area contributed by atoms with Crippen LogP contribution in [0.2, 0.25) is 0 Å². The second-order valence-corrected chi connectivity index (χ2v) is 8.72. The quantitative estimate of drug-likeness (QED) is 0.715. The van der Waals surface area contributed by atoms with E-state index in [-0.39, 0.29) is 17.7 Å². The first kappa shape index (κ1) is 19.6. The van der Waals surface area contributed by atoms with Gasteiger partial charge in [-0.15, -0.1) is 0 Å². The first-order chi connectivity index (χ1) is 14.4. The number of β-amino-alcohol motifs (C(OH)–C–C–N with tert-alkyl or cyclic N) is 1. The second-order valence-electron chi connectivity index (χ2n) is 8.72. The fourth-order valence-electron chi connectivity index (χ4n) is 4.69. The molecular weight excluding hydrogens is 392 g/mol. The number of ether oxygens (including phenoxy) is 1. The minimum Gasteiger partial charge on any atom is -0.431 e. The number of hydrogen-bond donors (Lipinski definition) is 2. The molecule has 5 rings (SSSR count). The van der Waals surface area contributed by atoms with Crippen LogP contribution in [-0.4, -0.2) is 57.3 Å². The van der Waals surface area contributed by atoms with E-state index in [0.717, 1.165) is 37.4 Å². The van der Waals surface area contributed by atoms with E-state index in [1.165, 1.54) is 12.3 Å². The average Bonchev–Trinajstić information content (AvgIpc) is 3.60. The van der Waals surface area contributed by atoms with Gasteiger partial charge < -0.3 is 20.5 Å². The molecule has 0 bridgehead atoms. The Kier molecular flexibility index (Phi) is 4.82. The first-order valence-electron chi connectivity index (χ1n) is 10.4. The van der Waals surface area contributed by atoms with Gasteiger partial charge in [-0.05, 0) is 43.7 Å². The van der Waals surface area contributed by atoms with E-state index in [0.29, 0.717) is 41.5 Å². The Hall–Kier alpha value is -2.39. The summed E-state index contributed by atoms with van der Waals surface area (Å²) in [5.41, 5.74) is 7.95. The first-order valence-corrected chi connectivity index (χ1v) is 10.4. The molecule has 2 saturated carbocycles. The van der Waals surface area contributed by atoms with E-state index in [4.69, 9.17) is 15.7 Å². The number of fused-ring (bicyclic) bond motifs is 1. The van der Waals surface area contributed by atoms with Crippen LogP contribution in [0.15, 0.2) is 18.3 Å². The highest BCUT2D eigenvalue weighted by Crippen LogP contribution is 2.58. The Bertz CT molecular complexity index is 941. The van der Waals surface area contributed by atoms with Crippen molar-refractivity contribution in [1.82, 2.24) is 19.9 Å². The zero-order valence-electron chi connectivity index (χ0n) is 16.7. The van der Waals surface area contributed by atoms with Crippen LogP contribution in [0.1, 0.15) is 43.1 Å². The molecule has 1 saturated heterocycles. The summed E-state index contributed by atoms with van der Waals surface area (Å²) in [7, 11) is 0. The maximum absolute atomic E-state index is 12.7. The summed E-state index contributed by atoms with van der Waals surface area (Å²) >= 11 is 0. The highest BCUT2D eigenvalue weighted by molar-refractivity contribution is 5.64. The van der Waals surface area contributed by atoms with Crippen molar-refractivity contribution in [3.63, 3.8) is 0 Å². The summed E-state index contributed by atoms with van der Waals surface area (Å²) < 4.78 is 29.9. The van der Waals surface area contributed by atoms with Gasteiger partial charge in [-0.3, -0.25) is 0 Å². The van der Waals surface area contributed by atoms with Crippen molar-refractivity contribution in [2.45, 2.75) is 44.3 Å². The fourth-order valence-corrected chi connectivity index (χ4v) is 4.69. The highest BCUT2D eigenvalue weighted by Gasteiger charge is 2.57. The van der Waals surface area contributed by atoms with Crippen molar-refractivity contribution in [2.24, 2.45) is 11.8 Å². The molecule has 1 unspecified atom stereocenters. The summed E-state index contributed by atoms with van der Waals surface area (Å²) in [6.45, 7) is 1.48. The SMILES string of the molecule is CC(O)CN1C[C@@H]2[C@H](C1)[C@H]2c1cc(-c2cnc(N)c(OC(F)F)c2)nc(C2CC2)n1. The highest BCUT2D eigenvalue weighted by atomic mass is 19.3. The molecule has 3 N–H and O–H groups in total. The molecular formula is C21H25F2N5O2. The Balaban J connectivity index is 1.42. The Morgan fingerprint density at radius 1 is 1.23 bits per heavy atom. The minimum atomic E-state index is -2.97. The molecule has 30 heavy (non-hydrogen) atoms. The lowest BCUT2D eigenvalue weighted by Crippen LogP contribution is -2.31. The van der Waals surface area contributed by atoms with Crippen molar-refractivity contribution >= 4 is 5.82 Å². The van der Waals surface area contributed by atoms with E-state index < -0.39 is 6.61 Å². The van der Waals surface area contributed by atoms with Gasteiger partial charge in [-0.2, -0.15) is 8.78 Å². The predicted octanol–water partition coefficient (Wildman–Crippen LogP) is 2.63. The van der Waals surface area contributed by atoms with Gasteiger partial charge in [0.1, 0.15) is 5.82 Å². The number of aliphatic hydroxyl groups excluding tert-OH is 1. The van der Waals surface area contributed by atoms with Crippen LogP contribution in [0.25, 0.3) is 11.3 Å². The number of hydrogen-bond acceptors (Lipinski definition) is 7. The van der Waals surface area contributed by atoms with Crippen molar-refractivity contribution in [1.29, 1.82) is 0 Å². The molecule has 2 aromatic heterocycles. The van der Waals surface area contributed by atoms with Gasteiger partial charge in [0.25, 0.3) is 0 Å². The minimum absolute atomic E-state index is 0.0781. The van der Waals surface area contributed by atoms with Crippen LogP contribution in [-0.2, 0) is 0 Å². The molecule has 160 valence electrons. The number of nitrogen functional groups attached to an aromatic ring is 1. The van der Waals surface area contributed by atoms with Crippen LogP contribution < -0.4 is 10.5 Å². The topological polar surface area (TPSA) is 97.4 Å². The number of rotatable bonds is 7. The molecule has 4 atom stereocenters. The van der Waals surface area contributed by atoms with Crippen LogP contribution >= 0.6 is 0 Å². The number of piperidine rings is 1. The molecule has 0 radical (unpaired) electrons. The summed E-state index contributed by atoms with van der Waals surface area (Å²) in [5, 5.41) is 9.63. The summed E-state index contributed by atoms with van der Waals surface area (Å²) in [6, 6.07) is 3.42. The van der Waals surface area contributed by atoms with Crippen molar-refractivity contribution in [2.75, 3.05) is 25.4 Å². The van der Waals surface area contributed by atoms with E-state index in [1.807, 2.05) is 13.0 Å². The van der Waals surface area contributed by atoms with Crippen LogP contribution in [0.3, 0.4) is 0 Å². The lowest BCUT2D eigenvalue weighted by molar-refractivity contribution is -0.0494. The number of likely N-dealkylation sites (tertiary alicyclic amines) is 1. The fraction of sp³-hybridized carbons (Fsp3) is 0.571. The van der Waals surface area contributed by atoms with Crippen LogP contribution in [0, 0.1) is 11.8 Å². The molecule has 3 aliphatic rings. The van der Waals surface area contributed by atoms with Crippen LogP contribution in [0.4, 0.5) is 14.6 Å². The van der Waals surface area contributed by atoms with Gasteiger partial charge >= 0.3 is 6.61 Å². The van der Waals surface area contributed by atoms with E-state index >= 15 is 0 Å². The van der Waals surface area contributed by atoms with Gasteiger partial charge in [0, 0.05) is 48.9 Å². The lowest BCUT2D eigenvalue weighted by atomic mass is 10.1. The second kappa shape index (κ2) is 7.39. The molecule has 2 aromatic rings. The van der Waals surface area contributed by atoms with E-state index in [2.05, 4.69) is 14.6 Å². The smallest absolute Gasteiger partial charge is 0.387 e. The Morgan fingerprint density at radius 3 is 2.60 bits per heavy atom. The molecule has 9 heteroatoms. The molecule has 0 aromatic carbocycles. The largest absolute Gasteiger partial charge is 0.431 e. The Morgan fingerprint density at radius 2 is 1.97 bits per heavy atom. The van der Waals surface area contributed by atoms with Crippen molar-refractivity contribution in [3.05, 3.63) is 29.8 Å². The molecule has 7 nitrogen and oxygen atoms in total. The zero-order valence-corrected chi connectivity index (χ0v) is 16.7. The number of halogens is 2. The summed E-state index contributed by atoms with van der Waals surface area (Å²) in [4.78, 5) is 15.9. The summed E-state index contributed by atoms with van der Waals surface area (Å²) in [6.07, 6.45) is 3.36. The maximum atomic E-state index is 12.7. The van der Waals surface area contributed by atoms with Crippen LogP contribution in [0.5, 0.6) is 5.75 Å². The van der Waals surface area contributed by atoms with E-state index in [1.54, 1.807) is 0 Å². The number of pyridine rings is 1. The van der Waals surface area contributed by atoms with Crippen molar-refractivity contribution in [3.8, 4) is 17.0 Å². The van der Waals surface area contributed by atoms with Gasteiger partial charge in [0.2, 0.25) is 0 Å². The average molecular weight is 417 g/mol. The third kappa shape index (κ3) is 3.83. The zero-order chi connectivity index (χ0) is 21.0. The van der Waals surface area contributed by atoms with E-state index in [9.17, 15) is 13.9 Å². The van der Waals surface area contributed by atoms with Gasteiger partial charge in [0.15, 0.2) is 11.6 Å². The van der Waals surface area contributed by atoms with Gasteiger partial charge in [0.05, 0.1) is 11.8 Å². The number of anilines is 1. The number of alkyl halides is 2. The third-order valence-electron chi connectivity index (χ3n) is 6.23. The number of aromatic nitrogens is 3. The number of nitrogens with zero attached hydrogens (tertiary/aromatic N) is 4. The molecule has 3 heterocycles. The monoisotopic (exact) mass is 417 g/mol. The third-order valence-corrected chi connectivity index (χ3v) is 6.23. The molecule has 1 aliphatic heterocycles. The molecule has 0 spiro atoms. The predicted molar refractivity (Wildman–Crippen MR) is 106 cm³/mol. The van der Waals surface area contributed by atoms with Crippen molar-refractivity contribution < 1.29 is 18.6 Å².